The van der Waals surface area contributed by atoms with Gasteiger partial charge < -0.3 is 5.32 Å². The van der Waals surface area contributed by atoms with Gasteiger partial charge in [-0.05, 0) is 54.8 Å². The molecule has 1 atom stereocenters. The van der Waals surface area contributed by atoms with Crippen LogP contribution >= 0.6 is 0 Å². The van der Waals surface area contributed by atoms with Gasteiger partial charge in [0.15, 0.2) is 0 Å². The lowest BCUT2D eigenvalue weighted by Gasteiger charge is -2.21. The normalized spacial score (nSPS) is 16.8. The van der Waals surface area contributed by atoms with E-state index >= 15 is 0 Å². The SMILES string of the molecule is CC1Cc2cc(C(=O)NCc3cccc(C(F)(F)F)c3)ccc2N1S(C)(=O)=O. The second-order valence-electron chi connectivity index (χ2n) is 6.84. The van der Waals surface area contributed by atoms with Crippen molar-refractivity contribution in [2.24, 2.45) is 0 Å². The number of sulfonamides is 1. The van der Waals surface area contributed by atoms with Gasteiger partial charge in [-0.15, -0.1) is 0 Å². The number of carbonyl (C=O) groups excluding carboxylic acids is 1. The van der Waals surface area contributed by atoms with Crippen LogP contribution in [0.4, 0.5) is 18.9 Å². The molecule has 0 bridgehead atoms. The van der Waals surface area contributed by atoms with E-state index < -0.39 is 27.7 Å². The van der Waals surface area contributed by atoms with Crippen LogP contribution in [-0.2, 0) is 29.2 Å². The van der Waals surface area contributed by atoms with Gasteiger partial charge in [-0.2, -0.15) is 13.2 Å². The minimum absolute atomic E-state index is 0.0499. The van der Waals surface area contributed by atoms with Crippen LogP contribution in [0.2, 0.25) is 0 Å². The monoisotopic (exact) mass is 412 g/mol. The van der Waals surface area contributed by atoms with Crippen molar-refractivity contribution in [3.63, 3.8) is 0 Å². The molecule has 0 radical (unpaired) electrons. The first-order valence-electron chi connectivity index (χ1n) is 8.53. The fourth-order valence-electron chi connectivity index (χ4n) is 3.39. The molecule has 0 spiro atoms. The van der Waals surface area contributed by atoms with Crippen LogP contribution in [0.5, 0.6) is 0 Å². The summed E-state index contributed by atoms with van der Waals surface area (Å²) < 4.78 is 63.5. The molecule has 28 heavy (non-hydrogen) atoms. The topological polar surface area (TPSA) is 66.5 Å². The molecule has 1 aliphatic heterocycles. The van der Waals surface area contributed by atoms with Crippen molar-refractivity contribution in [3.05, 3.63) is 64.7 Å². The minimum Gasteiger partial charge on any atom is -0.348 e. The predicted molar refractivity (Wildman–Crippen MR) is 99.5 cm³/mol. The first kappa shape index (κ1) is 20.2. The molecule has 1 unspecified atom stereocenters. The molecule has 5 nitrogen and oxygen atoms in total. The highest BCUT2D eigenvalue weighted by atomic mass is 32.2. The second kappa shape index (κ2) is 7.12. The fraction of sp³-hybridized carbons (Fsp3) is 0.316. The van der Waals surface area contributed by atoms with E-state index in [4.69, 9.17) is 0 Å². The Hall–Kier alpha value is -2.55. The molecule has 150 valence electrons. The van der Waals surface area contributed by atoms with Gasteiger partial charge >= 0.3 is 6.18 Å². The number of halogens is 3. The molecule has 1 amide bonds. The van der Waals surface area contributed by atoms with E-state index in [1.54, 1.807) is 19.1 Å². The summed E-state index contributed by atoms with van der Waals surface area (Å²) in [7, 11) is -3.42. The second-order valence-corrected chi connectivity index (χ2v) is 8.70. The molecule has 1 aliphatic rings. The van der Waals surface area contributed by atoms with Crippen molar-refractivity contribution in [2.45, 2.75) is 32.1 Å². The molecule has 0 saturated carbocycles. The zero-order chi connectivity index (χ0) is 20.7. The molecule has 9 heteroatoms. The summed E-state index contributed by atoms with van der Waals surface area (Å²) in [6.07, 6.45) is -2.83. The maximum absolute atomic E-state index is 12.8. The number of anilines is 1. The summed E-state index contributed by atoms with van der Waals surface area (Å²) in [4.78, 5) is 12.4. The Morgan fingerprint density at radius 1 is 1.21 bits per heavy atom. The molecule has 0 aromatic heterocycles. The fourth-order valence-corrected chi connectivity index (χ4v) is 4.66. The number of hydrogen-bond donors (Lipinski definition) is 1. The molecule has 1 N–H and O–H groups in total. The molecular weight excluding hydrogens is 393 g/mol. The van der Waals surface area contributed by atoms with Crippen LogP contribution in [0.1, 0.15) is 34.0 Å². The van der Waals surface area contributed by atoms with Gasteiger partial charge in [-0.1, -0.05) is 12.1 Å². The molecule has 1 heterocycles. The molecule has 0 aliphatic carbocycles. The van der Waals surface area contributed by atoms with Crippen molar-refractivity contribution < 1.29 is 26.4 Å². The lowest BCUT2D eigenvalue weighted by Crippen LogP contribution is -2.34. The Labute approximate surface area is 161 Å². The zero-order valence-corrected chi connectivity index (χ0v) is 16.1. The Morgan fingerprint density at radius 2 is 1.93 bits per heavy atom. The summed E-state index contributed by atoms with van der Waals surface area (Å²) in [6.45, 7) is 1.74. The van der Waals surface area contributed by atoms with Crippen molar-refractivity contribution >= 4 is 21.6 Å². The lowest BCUT2D eigenvalue weighted by atomic mass is 10.1. The van der Waals surface area contributed by atoms with Crippen molar-refractivity contribution in [1.29, 1.82) is 0 Å². The Kier molecular flexibility index (Phi) is 5.14. The maximum atomic E-state index is 12.8. The number of amides is 1. The number of rotatable bonds is 4. The summed E-state index contributed by atoms with van der Waals surface area (Å²) in [6, 6.07) is 9.24. The van der Waals surface area contributed by atoms with Gasteiger partial charge in [-0.3, -0.25) is 9.10 Å². The van der Waals surface area contributed by atoms with E-state index in [9.17, 15) is 26.4 Å². The van der Waals surface area contributed by atoms with E-state index in [1.807, 2.05) is 0 Å². The summed E-state index contributed by atoms with van der Waals surface area (Å²) >= 11 is 0. The number of benzene rings is 2. The van der Waals surface area contributed by atoms with Crippen LogP contribution in [0.15, 0.2) is 42.5 Å². The Bertz CT molecular complexity index is 1020. The lowest BCUT2D eigenvalue weighted by molar-refractivity contribution is -0.137. The van der Waals surface area contributed by atoms with Gasteiger partial charge in [0, 0.05) is 18.2 Å². The quantitative estimate of drug-likeness (QED) is 0.838. The van der Waals surface area contributed by atoms with Gasteiger partial charge in [0.25, 0.3) is 5.91 Å². The van der Waals surface area contributed by atoms with E-state index in [1.165, 1.54) is 22.5 Å². The number of alkyl halides is 3. The highest BCUT2D eigenvalue weighted by molar-refractivity contribution is 7.92. The first-order chi connectivity index (χ1) is 13.0. The smallest absolute Gasteiger partial charge is 0.348 e. The summed E-state index contributed by atoms with van der Waals surface area (Å²) in [5, 5.41) is 2.60. The number of hydrogen-bond acceptors (Lipinski definition) is 3. The van der Waals surface area contributed by atoms with Gasteiger partial charge in [-0.25, -0.2) is 8.42 Å². The standard InChI is InChI=1S/C19H19F3N2O3S/c1-12-8-15-10-14(6-7-17(15)24(12)28(2,26)27)18(25)23-11-13-4-3-5-16(9-13)19(20,21)22/h3-7,9-10,12H,8,11H2,1-2H3,(H,23,25). The number of nitrogens with zero attached hydrogens (tertiary/aromatic N) is 1. The molecule has 2 aromatic rings. The Morgan fingerprint density at radius 3 is 2.57 bits per heavy atom. The van der Waals surface area contributed by atoms with Gasteiger partial charge in [0.05, 0.1) is 17.5 Å². The number of fused-ring (bicyclic) bond motifs is 1. The van der Waals surface area contributed by atoms with Crippen molar-refractivity contribution in [3.8, 4) is 0 Å². The van der Waals surface area contributed by atoms with E-state index in [0.29, 0.717) is 23.2 Å². The third-order valence-corrected chi connectivity index (χ3v) is 5.83. The summed E-state index contributed by atoms with van der Waals surface area (Å²) in [5.41, 5.74) is 1.18. The first-order valence-corrected chi connectivity index (χ1v) is 10.4. The largest absolute Gasteiger partial charge is 0.416 e. The predicted octanol–water partition coefficient (Wildman–Crippen LogP) is 3.35. The third kappa shape index (κ3) is 4.14. The molecule has 0 fully saturated rings. The maximum Gasteiger partial charge on any atom is 0.416 e. The Balaban J connectivity index is 1.74. The van der Waals surface area contributed by atoms with Crippen LogP contribution in [0.3, 0.4) is 0 Å². The number of carbonyl (C=O) groups is 1. The van der Waals surface area contributed by atoms with Crippen molar-refractivity contribution in [1.82, 2.24) is 5.32 Å². The van der Waals surface area contributed by atoms with Crippen LogP contribution < -0.4 is 9.62 Å². The van der Waals surface area contributed by atoms with Gasteiger partial charge in [0.1, 0.15) is 0 Å². The van der Waals surface area contributed by atoms with Crippen molar-refractivity contribution in [2.75, 3.05) is 10.6 Å². The highest BCUT2D eigenvalue weighted by Gasteiger charge is 2.33. The average Bonchev–Trinajstić information content (AvgIpc) is 2.94. The number of nitrogens with one attached hydrogen (secondary N) is 1. The van der Waals surface area contributed by atoms with E-state index in [-0.39, 0.29) is 12.6 Å². The molecule has 2 aromatic carbocycles. The average molecular weight is 412 g/mol. The van der Waals surface area contributed by atoms with E-state index in [2.05, 4.69) is 5.32 Å². The third-order valence-electron chi connectivity index (χ3n) is 4.56. The van der Waals surface area contributed by atoms with E-state index in [0.717, 1.165) is 24.0 Å². The minimum atomic E-state index is -4.44. The molecule has 3 rings (SSSR count). The van der Waals surface area contributed by atoms with Crippen LogP contribution in [0.25, 0.3) is 0 Å². The van der Waals surface area contributed by atoms with Crippen LogP contribution in [-0.4, -0.2) is 26.6 Å². The molecule has 0 saturated heterocycles. The zero-order valence-electron chi connectivity index (χ0n) is 15.2. The molecular formula is C19H19F3N2O3S. The highest BCUT2D eigenvalue weighted by Crippen LogP contribution is 2.34. The van der Waals surface area contributed by atoms with Gasteiger partial charge in [0.2, 0.25) is 10.0 Å². The van der Waals surface area contributed by atoms with Crippen LogP contribution in [0, 0.1) is 0 Å². The summed E-state index contributed by atoms with van der Waals surface area (Å²) in [5.74, 6) is -0.439.